The predicted molar refractivity (Wildman–Crippen MR) is 88.2 cm³/mol. The highest BCUT2D eigenvalue weighted by Crippen LogP contribution is 2.19. The average molecular weight is 299 g/mol. The SMILES string of the molecule is Cc1ccc(C)c(-n2ncnc2CN2CC[C@@H](N(C)C)C2)c1. The maximum Gasteiger partial charge on any atom is 0.146 e. The molecule has 0 aliphatic carbocycles. The molecule has 5 heteroatoms. The van der Waals surface area contributed by atoms with Crippen LogP contribution in [0.4, 0.5) is 0 Å². The molecular formula is C17H25N5. The third-order valence-corrected chi connectivity index (χ3v) is 4.55. The first-order valence-electron chi connectivity index (χ1n) is 7.90. The van der Waals surface area contributed by atoms with Gasteiger partial charge in [0, 0.05) is 19.1 Å². The third kappa shape index (κ3) is 3.05. The quantitative estimate of drug-likeness (QED) is 0.865. The summed E-state index contributed by atoms with van der Waals surface area (Å²) in [6.07, 6.45) is 2.89. The molecule has 1 atom stereocenters. The zero-order chi connectivity index (χ0) is 15.7. The molecule has 0 N–H and O–H groups in total. The Morgan fingerprint density at radius 3 is 2.82 bits per heavy atom. The first-order chi connectivity index (χ1) is 10.5. The summed E-state index contributed by atoms with van der Waals surface area (Å²) in [5.41, 5.74) is 3.61. The predicted octanol–water partition coefficient (Wildman–Crippen LogP) is 2.02. The maximum absolute atomic E-state index is 4.49. The third-order valence-electron chi connectivity index (χ3n) is 4.55. The Bertz CT molecular complexity index is 646. The normalized spacial score (nSPS) is 19.2. The van der Waals surface area contributed by atoms with E-state index >= 15 is 0 Å². The Kier molecular flexibility index (Phi) is 4.27. The second kappa shape index (κ2) is 6.18. The molecule has 0 saturated carbocycles. The Hall–Kier alpha value is -1.72. The van der Waals surface area contributed by atoms with Gasteiger partial charge in [0.25, 0.3) is 0 Å². The van der Waals surface area contributed by atoms with Crippen LogP contribution >= 0.6 is 0 Å². The molecule has 0 amide bonds. The van der Waals surface area contributed by atoms with Crippen LogP contribution < -0.4 is 0 Å². The summed E-state index contributed by atoms with van der Waals surface area (Å²) < 4.78 is 1.99. The summed E-state index contributed by atoms with van der Waals surface area (Å²) >= 11 is 0. The van der Waals surface area contributed by atoms with Gasteiger partial charge in [-0.15, -0.1) is 0 Å². The fourth-order valence-corrected chi connectivity index (χ4v) is 3.10. The van der Waals surface area contributed by atoms with Crippen LogP contribution in [0.3, 0.4) is 0 Å². The topological polar surface area (TPSA) is 37.2 Å². The molecule has 5 nitrogen and oxygen atoms in total. The zero-order valence-corrected chi connectivity index (χ0v) is 14.0. The van der Waals surface area contributed by atoms with Crippen LogP contribution in [-0.4, -0.2) is 57.8 Å². The molecule has 0 radical (unpaired) electrons. The van der Waals surface area contributed by atoms with Crippen molar-refractivity contribution in [3.8, 4) is 5.69 Å². The van der Waals surface area contributed by atoms with E-state index in [0.29, 0.717) is 6.04 Å². The van der Waals surface area contributed by atoms with E-state index in [1.807, 2.05) is 4.68 Å². The molecule has 3 rings (SSSR count). The number of rotatable bonds is 4. The van der Waals surface area contributed by atoms with Gasteiger partial charge < -0.3 is 4.90 Å². The van der Waals surface area contributed by atoms with Crippen molar-refractivity contribution in [3.63, 3.8) is 0 Å². The summed E-state index contributed by atoms with van der Waals surface area (Å²) in [5, 5.41) is 4.45. The number of aryl methyl sites for hydroxylation is 2. The van der Waals surface area contributed by atoms with Crippen molar-refractivity contribution in [2.75, 3.05) is 27.2 Å². The number of hydrogen-bond donors (Lipinski definition) is 0. The van der Waals surface area contributed by atoms with Crippen LogP contribution in [0.25, 0.3) is 5.69 Å². The van der Waals surface area contributed by atoms with E-state index in [4.69, 9.17) is 0 Å². The average Bonchev–Trinajstić information content (AvgIpc) is 3.11. The molecule has 2 heterocycles. The summed E-state index contributed by atoms with van der Waals surface area (Å²) in [6, 6.07) is 7.11. The lowest BCUT2D eigenvalue weighted by molar-refractivity contribution is 0.260. The van der Waals surface area contributed by atoms with Crippen molar-refractivity contribution in [2.45, 2.75) is 32.9 Å². The van der Waals surface area contributed by atoms with Crippen molar-refractivity contribution >= 4 is 0 Å². The molecule has 1 saturated heterocycles. The Morgan fingerprint density at radius 2 is 2.09 bits per heavy atom. The van der Waals surface area contributed by atoms with E-state index in [9.17, 15) is 0 Å². The van der Waals surface area contributed by atoms with E-state index < -0.39 is 0 Å². The van der Waals surface area contributed by atoms with Gasteiger partial charge in [-0.2, -0.15) is 5.10 Å². The van der Waals surface area contributed by atoms with Crippen molar-refractivity contribution in [2.24, 2.45) is 0 Å². The molecule has 118 valence electrons. The lowest BCUT2D eigenvalue weighted by atomic mass is 10.1. The summed E-state index contributed by atoms with van der Waals surface area (Å²) in [6.45, 7) is 7.33. The summed E-state index contributed by atoms with van der Waals surface area (Å²) in [5.74, 6) is 1.02. The number of hydrogen-bond acceptors (Lipinski definition) is 4. The number of aromatic nitrogens is 3. The van der Waals surface area contributed by atoms with E-state index in [1.165, 1.54) is 17.5 Å². The van der Waals surface area contributed by atoms with E-state index in [2.05, 4.69) is 66.0 Å². The molecule has 1 aliphatic rings. The minimum atomic E-state index is 0.650. The first kappa shape index (κ1) is 15.2. The fourth-order valence-electron chi connectivity index (χ4n) is 3.10. The Labute approximate surface area is 132 Å². The van der Waals surface area contributed by atoms with Crippen molar-refractivity contribution in [1.82, 2.24) is 24.6 Å². The van der Waals surface area contributed by atoms with Crippen molar-refractivity contribution in [3.05, 3.63) is 41.5 Å². The molecule has 2 aromatic rings. The van der Waals surface area contributed by atoms with Crippen LogP contribution in [-0.2, 0) is 6.54 Å². The van der Waals surface area contributed by atoms with Gasteiger partial charge in [-0.25, -0.2) is 9.67 Å². The highest BCUT2D eigenvalue weighted by atomic mass is 15.4. The molecule has 22 heavy (non-hydrogen) atoms. The van der Waals surface area contributed by atoms with Gasteiger partial charge in [-0.05, 0) is 51.6 Å². The lowest BCUT2D eigenvalue weighted by Gasteiger charge is -2.20. The van der Waals surface area contributed by atoms with E-state index in [1.54, 1.807) is 6.33 Å². The van der Waals surface area contributed by atoms with Gasteiger partial charge in [-0.3, -0.25) is 4.90 Å². The maximum atomic E-state index is 4.49. The van der Waals surface area contributed by atoms with Gasteiger partial charge >= 0.3 is 0 Å². The highest BCUT2D eigenvalue weighted by Gasteiger charge is 2.25. The fraction of sp³-hybridized carbons (Fsp3) is 0.529. The van der Waals surface area contributed by atoms with Crippen molar-refractivity contribution in [1.29, 1.82) is 0 Å². The molecule has 1 aliphatic heterocycles. The van der Waals surface area contributed by atoms with E-state index in [0.717, 1.165) is 31.1 Å². The standard InChI is InChI=1S/C17H25N5/c1-13-5-6-14(2)16(9-13)22-17(18-12-19-22)11-21-8-7-15(10-21)20(3)4/h5-6,9,12,15H,7-8,10-11H2,1-4H3/t15-/m1/s1. The van der Waals surface area contributed by atoms with Gasteiger partial charge in [0.05, 0.1) is 12.2 Å². The molecule has 0 bridgehead atoms. The number of benzene rings is 1. The molecule has 0 spiro atoms. The smallest absolute Gasteiger partial charge is 0.146 e. The number of nitrogens with zero attached hydrogens (tertiary/aromatic N) is 5. The molecule has 1 aromatic carbocycles. The highest BCUT2D eigenvalue weighted by molar-refractivity contribution is 5.42. The van der Waals surface area contributed by atoms with E-state index in [-0.39, 0.29) is 0 Å². The molecule has 1 aromatic heterocycles. The van der Waals surface area contributed by atoms with Gasteiger partial charge in [0.2, 0.25) is 0 Å². The second-order valence-corrected chi connectivity index (χ2v) is 6.52. The van der Waals surface area contributed by atoms with Crippen LogP contribution in [0.2, 0.25) is 0 Å². The summed E-state index contributed by atoms with van der Waals surface area (Å²) in [4.78, 5) is 9.28. The minimum absolute atomic E-state index is 0.650. The van der Waals surface area contributed by atoms with Gasteiger partial charge in [0.1, 0.15) is 12.2 Å². The summed E-state index contributed by atoms with van der Waals surface area (Å²) in [7, 11) is 4.32. The van der Waals surface area contributed by atoms with Gasteiger partial charge in [-0.1, -0.05) is 12.1 Å². The lowest BCUT2D eigenvalue weighted by Crippen LogP contribution is -2.31. The first-order valence-corrected chi connectivity index (χ1v) is 7.90. The van der Waals surface area contributed by atoms with Crippen LogP contribution in [0.5, 0.6) is 0 Å². The van der Waals surface area contributed by atoms with Crippen LogP contribution in [0.1, 0.15) is 23.4 Å². The zero-order valence-electron chi connectivity index (χ0n) is 14.0. The largest absolute Gasteiger partial charge is 0.305 e. The van der Waals surface area contributed by atoms with Gasteiger partial charge in [0.15, 0.2) is 0 Å². The monoisotopic (exact) mass is 299 g/mol. The number of likely N-dealkylation sites (N-methyl/N-ethyl adjacent to an activating group) is 1. The minimum Gasteiger partial charge on any atom is -0.305 e. The van der Waals surface area contributed by atoms with Crippen LogP contribution in [0, 0.1) is 13.8 Å². The molecular weight excluding hydrogens is 274 g/mol. The second-order valence-electron chi connectivity index (χ2n) is 6.52. The Balaban J connectivity index is 1.80. The number of likely N-dealkylation sites (tertiary alicyclic amines) is 1. The van der Waals surface area contributed by atoms with Crippen molar-refractivity contribution < 1.29 is 0 Å². The Morgan fingerprint density at radius 1 is 1.27 bits per heavy atom. The molecule has 1 fully saturated rings. The van der Waals surface area contributed by atoms with Crippen LogP contribution in [0.15, 0.2) is 24.5 Å². The molecule has 0 unspecified atom stereocenters.